The number of urea groups is 1. The fraction of sp³-hybridized carbons (Fsp3) is 0.750. The van der Waals surface area contributed by atoms with Crippen LogP contribution in [-0.4, -0.2) is 57.9 Å². The molecule has 2 amide bonds. The van der Waals surface area contributed by atoms with Gasteiger partial charge in [0.15, 0.2) is 0 Å². The molecule has 14 heavy (non-hydrogen) atoms. The molecule has 2 unspecified atom stereocenters. The number of carbonyl (C=O) groups is 1. The number of amides is 2. The molecule has 0 aliphatic rings. The third kappa shape index (κ3) is 4.31. The summed E-state index contributed by atoms with van der Waals surface area (Å²) in [6, 6.07) is -0.644. The van der Waals surface area contributed by atoms with Crippen molar-refractivity contribution in [3.8, 4) is 0 Å². The van der Waals surface area contributed by atoms with Gasteiger partial charge in [0.1, 0.15) is 6.23 Å². The van der Waals surface area contributed by atoms with Crippen molar-refractivity contribution < 1.29 is 20.1 Å². The van der Waals surface area contributed by atoms with Crippen molar-refractivity contribution in [1.82, 2.24) is 4.90 Å². The highest BCUT2D eigenvalue weighted by molar-refractivity contribution is 5.82. The first kappa shape index (κ1) is 13.0. The summed E-state index contributed by atoms with van der Waals surface area (Å²) in [5.74, 6) is 0. The molecule has 0 spiro atoms. The van der Waals surface area contributed by atoms with Gasteiger partial charge in [0.2, 0.25) is 0 Å². The zero-order valence-electron chi connectivity index (χ0n) is 8.29. The van der Waals surface area contributed by atoms with Crippen LogP contribution in [0.5, 0.6) is 0 Å². The van der Waals surface area contributed by atoms with Gasteiger partial charge in [0, 0.05) is 6.21 Å². The van der Waals surface area contributed by atoms with Gasteiger partial charge in [-0.2, -0.15) is 0 Å². The molecule has 82 valence electrons. The number of hydrogen-bond donors (Lipinski definition) is 3. The molecule has 0 aromatic rings. The van der Waals surface area contributed by atoms with Gasteiger partial charge in [-0.05, 0) is 13.8 Å². The summed E-state index contributed by atoms with van der Waals surface area (Å²) in [7, 11) is 0. The van der Waals surface area contributed by atoms with Crippen LogP contribution in [-0.2, 0) is 0 Å². The molecular formula is C8H16N2O4. The van der Waals surface area contributed by atoms with Crippen LogP contribution in [0.2, 0.25) is 0 Å². The van der Waals surface area contributed by atoms with Crippen LogP contribution in [0.3, 0.4) is 0 Å². The highest BCUT2D eigenvalue weighted by Gasteiger charge is 2.20. The standard InChI is InChI=1S/C8H16N2O4/c1-3-9-8(14)10(6(2)12)4-7(13)5-11/h3,6-7,11-13H,4-5H2,1-2H3/b9-3+. The van der Waals surface area contributed by atoms with Crippen LogP contribution in [0.15, 0.2) is 4.99 Å². The van der Waals surface area contributed by atoms with Crippen molar-refractivity contribution in [2.45, 2.75) is 26.2 Å². The monoisotopic (exact) mass is 204 g/mol. The Morgan fingerprint density at radius 1 is 1.57 bits per heavy atom. The molecule has 0 aliphatic heterocycles. The molecule has 0 rings (SSSR count). The predicted octanol–water partition coefficient (Wildman–Crippen LogP) is -0.809. The van der Waals surface area contributed by atoms with Gasteiger partial charge in [0.25, 0.3) is 0 Å². The maximum Gasteiger partial charge on any atom is 0.345 e. The van der Waals surface area contributed by atoms with E-state index in [1.54, 1.807) is 6.92 Å². The number of aliphatic imine (C=N–C) groups is 1. The van der Waals surface area contributed by atoms with Gasteiger partial charge >= 0.3 is 6.03 Å². The van der Waals surface area contributed by atoms with Crippen molar-refractivity contribution in [2.24, 2.45) is 4.99 Å². The molecule has 6 nitrogen and oxygen atoms in total. The summed E-state index contributed by atoms with van der Waals surface area (Å²) in [5.41, 5.74) is 0. The average molecular weight is 204 g/mol. The third-order valence-electron chi connectivity index (χ3n) is 1.55. The minimum Gasteiger partial charge on any atom is -0.394 e. The molecule has 0 fully saturated rings. The van der Waals surface area contributed by atoms with Gasteiger partial charge in [-0.3, -0.25) is 4.90 Å². The van der Waals surface area contributed by atoms with Crippen molar-refractivity contribution >= 4 is 12.2 Å². The van der Waals surface area contributed by atoms with Gasteiger partial charge in [-0.15, -0.1) is 0 Å². The summed E-state index contributed by atoms with van der Waals surface area (Å²) < 4.78 is 0. The lowest BCUT2D eigenvalue weighted by molar-refractivity contribution is 0.00365. The molecule has 6 heteroatoms. The van der Waals surface area contributed by atoms with Crippen LogP contribution in [0.1, 0.15) is 13.8 Å². The second kappa shape index (κ2) is 6.47. The first-order chi connectivity index (χ1) is 6.52. The van der Waals surface area contributed by atoms with Crippen LogP contribution in [0.4, 0.5) is 4.79 Å². The lowest BCUT2D eigenvalue weighted by atomic mass is 10.3. The molecule has 2 atom stereocenters. The molecule has 0 saturated heterocycles. The highest BCUT2D eigenvalue weighted by Crippen LogP contribution is 2.01. The van der Waals surface area contributed by atoms with Gasteiger partial charge < -0.3 is 15.3 Å². The third-order valence-corrected chi connectivity index (χ3v) is 1.55. The highest BCUT2D eigenvalue weighted by atomic mass is 16.3. The summed E-state index contributed by atoms with van der Waals surface area (Å²) in [6.07, 6.45) is -0.823. The summed E-state index contributed by atoms with van der Waals surface area (Å²) in [4.78, 5) is 15.6. The number of hydrogen-bond acceptors (Lipinski definition) is 4. The zero-order chi connectivity index (χ0) is 11.1. The average Bonchev–Trinajstić information content (AvgIpc) is 2.13. The maximum atomic E-state index is 11.2. The fourth-order valence-corrected chi connectivity index (χ4v) is 0.860. The SMILES string of the molecule is C/C=N/C(=O)N(CC(O)CO)C(C)O. The molecule has 0 radical (unpaired) electrons. The first-order valence-corrected chi connectivity index (χ1v) is 4.29. The van der Waals surface area contributed by atoms with Crippen molar-refractivity contribution in [1.29, 1.82) is 0 Å². The van der Waals surface area contributed by atoms with E-state index in [0.29, 0.717) is 0 Å². The molecule has 0 aromatic carbocycles. The predicted molar refractivity (Wildman–Crippen MR) is 51.0 cm³/mol. The van der Waals surface area contributed by atoms with E-state index >= 15 is 0 Å². The topological polar surface area (TPSA) is 93.4 Å². The smallest absolute Gasteiger partial charge is 0.345 e. The lowest BCUT2D eigenvalue weighted by Crippen LogP contribution is -2.42. The molecular weight excluding hydrogens is 188 g/mol. The van der Waals surface area contributed by atoms with Crippen molar-refractivity contribution in [3.05, 3.63) is 0 Å². The molecule has 0 heterocycles. The number of aliphatic hydroxyl groups excluding tert-OH is 3. The van der Waals surface area contributed by atoms with Crippen LogP contribution in [0.25, 0.3) is 0 Å². The van der Waals surface area contributed by atoms with E-state index < -0.39 is 25.0 Å². The largest absolute Gasteiger partial charge is 0.394 e. The molecule has 0 aliphatic carbocycles. The van der Waals surface area contributed by atoms with E-state index in [2.05, 4.69) is 4.99 Å². The van der Waals surface area contributed by atoms with Crippen LogP contribution >= 0.6 is 0 Å². The minimum absolute atomic E-state index is 0.148. The van der Waals surface area contributed by atoms with Crippen molar-refractivity contribution in [2.75, 3.05) is 13.2 Å². The Morgan fingerprint density at radius 2 is 2.14 bits per heavy atom. The quantitative estimate of drug-likeness (QED) is 0.412. The Hall–Kier alpha value is -0.980. The first-order valence-electron chi connectivity index (χ1n) is 4.29. The van der Waals surface area contributed by atoms with Gasteiger partial charge in [-0.25, -0.2) is 9.79 Å². The number of rotatable bonds is 4. The van der Waals surface area contributed by atoms with E-state index in [1.165, 1.54) is 13.1 Å². The van der Waals surface area contributed by atoms with E-state index in [4.69, 9.17) is 10.2 Å². The molecule has 0 saturated carbocycles. The molecule has 3 N–H and O–H groups in total. The maximum absolute atomic E-state index is 11.2. The number of aliphatic hydroxyl groups is 3. The Kier molecular flexibility index (Phi) is 6.02. The van der Waals surface area contributed by atoms with Crippen LogP contribution < -0.4 is 0 Å². The molecule has 0 aromatic heterocycles. The van der Waals surface area contributed by atoms with Gasteiger partial charge in [0.05, 0.1) is 19.3 Å². The Labute approximate surface area is 82.5 Å². The Bertz CT molecular complexity index is 206. The summed E-state index contributed by atoms with van der Waals surface area (Å²) >= 11 is 0. The second-order valence-corrected chi connectivity index (χ2v) is 2.79. The minimum atomic E-state index is -1.07. The van der Waals surface area contributed by atoms with Crippen molar-refractivity contribution in [3.63, 3.8) is 0 Å². The van der Waals surface area contributed by atoms with E-state index in [1.807, 2.05) is 0 Å². The van der Waals surface area contributed by atoms with E-state index in [0.717, 1.165) is 4.90 Å². The van der Waals surface area contributed by atoms with Gasteiger partial charge in [-0.1, -0.05) is 0 Å². The zero-order valence-corrected chi connectivity index (χ0v) is 8.29. The fourth-order valence-electron chi connectivity index (χ4n) is 0.860. The summed E-state index contributed by atoms with van der Waals surface area (Å²) in [6.45, 7) is 2.34. The molecule has 0 bridgehead atoms. The second-order valence-electron chi connectivity index (χ2n) is 2.79. The Morgan fingerprint density at radius 3 is 2.50 bits per heavy atom. The van der Waals surface area contributed by atoms with Crippen LogP contribution in [0, 0.1) is 0 Å². The van der Waals surface area contributed by atoms with E-state index in [9.17, 15) is 9.90 Å². The Balaban J connectivity index is 4.36. The number of nitrogens with zero attached hydrogens (tertiary/aromatic N) is 2. The number of carbonyl (C=O) groups excluding carboxylic acids is 1. The summed E-state index contributed by atoms with van der Waals surface area (Å²) in [5, 5.41) is 26.8. The van der Waals surface area contributed by atoms with E-state index in [-0.39, 0.29) is 6.54 Å². The lowest BCUT2D eigenvalue weighted by Gasteiger charge is -2.25. The normalized spacial score (nSPS) is 15.5.